The van der Waals surface area contributed by atoms with Crippen molar-refractivity contribution in [2.75, 3.05) is 26.3 Å². The molecule has 9 nitrogen and oxygen atoms in total. The van der Waals surface area contributed by atoms with Crippen LogP contribution in [0.5, 0.6) is 0 Å². The highest BCUT2D eigenvalue weighted by Gasteiger charge is 2.30. The molecular weight excluding hydrogens is 358 g/mol. The molecular formula is C19H27N7O2. The molecule has 0 spiro atoms. The molecule has 3 aliphatic rings. The predicted molar refractivity (Wildman–Crippen MR) is 101 cm³/mol. The first-order valence-corrected chi connectivity index (χ1v) is 10.3. The van der Waals surface area contributed by atoms with E-state index in [1.165, 1.54) is 5.56 Å². The second-order valence-corrected chi connectivity index (χ2v) is 8.31. The van der Waals surface area contributed by atoms with E-state index in [1.807, 2.05) is 6.20 Å². The summed E-state index contributed by atoms with van der Waals surface area (Å²) >= 11 is 0. The van der Waals surface area contributed by atoms with Crippen LogP contribution in [-0.4, -0.2) is 67.9 Å². The normalized spacial score (nSPS) is 21.6. The zero-order valence-electron chi connectivity index (χ0n) is 16.0. The van der Waals surface area contributed by atoms with Crippen LogP contribution in [0.15, 0.2) is 18.6 Å². The third kappa shape index (κ3) is 4.10. The van der Waals surface area contributed by atoms with E-state index in [0.717, 1.165) is 65.1 Å². The van der Waals surface area contributed by atoms with Crippen LogP contribution < -0.4 is 5.32 Å². The van der Waals surface area contributed by atoms with Crippen molar-refractivity contribution in [2.45, 2.75) is 50.9 Å². The maximum Gasteiger partial charge on any atom is 0.273 e. The first-order chi connectivity index (χ1) is 13.7. The maximum atomic E-state index is 12.3. The van der Waals surface area contributed by atoms with Gasteiger partial charge in [-0.25, -0.2) is 4.68 Å². The third-order valence-corrected chi connectivity index (χ3v) is 5.84. The van der Waals surface area contributed by atoms with Gasteiger partial charge in [0.1, 0.15) is 0 Å². The van der Waals surface area contributed by atoms with E-state index < -0.39 is 0 Å². The molecule has 0 atom stereocenters. The summed E-state index contributed by atoms with van der Waals surface area (Å²) in [6.45, 7) is 5.30. The summed E-state index contributed by atoms with van der Waals surface area (Å²) in [5, 5.41) is 15.6. The number of amides is 1. The van der Waals surface area contributed by atoms with Gasteiger partial charge >= 0.3 is 0 Å². The van der Waals surface area contributed by atoms with Crippen LogP contribution in [0.3, 0.4) is 0 Å². The molecule has 28 heavy (non-hydrogen) atoms. The second-order valence-electron chi connectivity index (χ2n) is 8.31. The largest absolute Gasteiger partial charge is 0.381 e. The Hall–Kier alpha value is -2.26. The number of carbonyl (C=O) groups is 1. The average molecular weight is 385 g/mol. The molecule has 1 saturated carbocycles. The average Bonchev–Trinajstić information content (AvgIpc) is 3.23. The molecule has 0 aromatic carbocycles. The second kappa shape index (κ2) is 7.63. The summed E-state index contributed by atoms with van der Waals surface area (Å²) in [7, 11) is 0. The van der Waals surface area contributed by atoms with Gasteiger partial charge in [0.05, 0.1) is 24.5 Å². The van der Waals surface area contributed by atoms with Gasteiger partial charge in [0.25, 0.3) is 5.91 Å². The van der Waals surface area contributed by atoms with Crippen LogP contribution in [0.1, 0.15) is 47.8 Å². The van der Waals surface area contributed by atoms with Gasteiger partial charge in [0.2, 0.25) is 0 Å². The summed E-state index contributed by atoms with van der Waals surface area (Å²) in [5.41, 5.74) is 1.64. The van der Waals surface area contributed by atoms with Gasteiger partial charge in [-0.05, 0) is 31.6 Å². The van der Waals surface area contributed by atoms with Crippen molar-refractivity contribution in [2.24, 2.45) is 5.92 Å². The van der Waals surface area contributed by atoms with E-state index >= 15 is 0 Å². The lowest BCUT2D eigenvalue weighted by atomic mass is 10.0. The van der Waals surface area contributed by atoms with Crippen LogP contribution in [0.25, 0.3) is 0 Å². The molecule has 2 aromatic rings. The number of nitrogens with one attached hydrogen (secondary N) is 1. The van der Waals surface area contributed by atoms with Gasteiger partial charge in [-0.3, -0.25) is 14.4 Å². The number of hydrogen-bond acceptors (Lipinski definition) is 6. The fourth-order valence-electron chi connectivity index (χ4n) is 3.99. The Morgan fingerprint density at radius 3 is 2.79 bits per heavy atom. The van der Waals surface area contributed by atoms with E-state index in [1.54, 1.807) is 10.9 Å². The molecule has 0 bridgehead atoms. The molecule has 1 N–H and O–H groups in total. The first-order valence-electron chi connectivity index (χ1n) is 10.3. The Labute approximate surface area is 164 Å². The minimum Gasteiger partial charge on any atom is -0.381 e. The minimum absolute atomic E-state index is 0.124. The van der Waals surface area contributed by atoms with Crippen LogP contribution in [0.2, 0.25) is 0 Å². The molecule has 0 unspecified atom stereocenters. The van der Waals surface area contributed by atoms with Crippen molar-refractivity contribution in [1.82, 2.24) is 35.0 Å². The van der Waals surface area contributed by atoms with Crippen LogP contribution in [0, 0.1) is 5.92 Å². The number of rotatable bonds is 7. The zero-order chi connectivity index (χ0) is 18.9. The van der Waals surface area contributed by atoms with Gasteiger partial charge < -0.3 is 10.1 Å². The van der Waals surface area contributed by atoms with Crippen molar-refractivity contribution < 1.29 is 9.53 Å². The van der Waals surface area contributed by atoms with Crippen molar-refractivity contribution in [3.8, 4) is 0 Å². The number of aromatic nitrogens is 5. The van der Waals surface area contributed by atoms with Gasteiger partial charge in [-0.15, -0.1) is 5.10 Å². The van der Waals surface area contributed by atoms with Crippen molar-refractivity contribution in [1.29, 1.82) is 0 Å². The predicted octanol–water partition coefficient (Wildman–Crippen LogP) is 0.850. The highest BCUT2D eigenvalue weighted by Crippen LogP contribution is 2.33. The Morgan fingerprint density at radius 1 is 1.18 bits per heavy atom. The molecule has 1 aliphatic carbocycles. The smallest absolute Gasteiger partial charge is 0.273 e. The molecule has 1 amide bonds. The van der Waals surface area contributed by atoms with E-state index in [0.29, 0.717) is 17.7 Å². The maximum absolute atomic E-state index is 12.3. The minimum atomic E-state index is -0.124. The van der Waals surface area contributed by atoms with Crippen molar-refractivity contribution in [3.63, 3.8) is 0 Å². The molecule has 9 heteroatoms. The van der Waals surface area contributed by atoms with Crippen molar-refractivity contribution >= 4 is 5.91 Å². The van der Waals surface area contributed by atoms with E-state index in [4.69, 9.17) is 4.74 Å². The van der Waals surface area contributed by atoms with Crippen LogP contribution in [-0.2, 0) is 17.8 Å². The lowest BCUT2D eigenvalue weighted by Crippen LogP contribution is -2.58. The fourth-order valence-corrected chi connectivity index (χ4v) is 3.99. The number of hydrogen-bond donors (Lipinski definition) is 1. The van der Waals surface area contributed by atoms with Crippen LogP contribution >= 0.6 is 0 Å². The van der Waals surface area contributed by atoms with E-state index in [-0.39, 0.29) is 11.9 Å². The van der Waals surface area contributed by atoms with Gasteiger partial charge in [0.15, 0.2) is 5.69 Å². The van der Waals surface area contributed by atoms with Gasteiger partial charge in [-0.1, -0.05) is 5.21 Å². The quantitative estimate of drug-likeness (QED) is 0.760. The Bertz CT molecular complexity index is 816. The third-order valence-electron chi connectivity index (χ3n) is 5.84. The molecule has 2 aliphatic heterocycles. The summed E-state index contributed by atoms with van der Waals surface area (Å²) in [6, 6.07) is 0.622. The summed E-state index contributed by atoms with van der Waals surface area (Å²) in [5.74, 6) is 0.545. The Kier molecular flexibility index (Phi) is 4.86. The van der Waals surface area contributed by atoms with Gasteiger partial charge in [-0.2, -0.15) is 5.10 Å². The highest BCUT2D eigenvalue weighted by molar-refractivity contribution is 5.92. The Balaban J connectivity index is 1.05. The lowest BCUT2D eigenvalue weighted by molar-refractivity contribution is 0.0601. The monoisotopic (exact) mass is 385 g/mol. The summed E-state index contributed by atoms with van der Waals surface area (Å²) < 4.78 is 9.29. The number of nitrogens with zero attached hydrogens (tertiary/aromatic N) is 6. The lowest BCUT2D eigenvalue weighted by Gasteiger charge is -2.39. The van der Waals surface area contributed by atoms with E-state index in [9.17, 15) is 4.79 Å². The number of likely N-dealkylation sites (tertiary alicyclic amines) is 1. The van der Waals surface area contributed by atoms with E-state index in [2.05, 4.69) is 36.5 Å². The zero-order valence-corrected chi connectivity index (χ0v) is 16.0. The first kappa shape index (κ1) is 17.8. The Morgan fingerprint density at radius 2 is 2.00 bits per heavy atom. The number of carbonyl (C=O) groups excluding carboxylic acids is 1. The summed E-state index contributed by atoms with van der Waals surface area (Å²) in [4.78, 5) is 14.6. The molecule has 4 heterocycles. The van der Waals surface area contributed by atoms with Gasteiger partial charge in [0, 0.05) is 51.2 Å². The van der Waals surface area contributed by atoms with Crippen LogP contribution in [0.4, 0.5) is 0 Å². The SMILES string of the molecule is O=C(NC1CN(Cc2cnn(CC3CCOCC3)c2)C1)c1cn(C2CC2)nn1. The summed E-state index contributed by atoms with van der Waals surface area (Å²) in [6.07, 6.45) is 10.4. The fraction of sp³-hybridized carbons (Fsp3) is 0.684. The molecule has 2 saturated heterocycles. The highest BCUT2D eigenvalue weighted by atomic mass is 16.5. The molecule has 3 fully saturated rings. The standard InChI is InChI=1S/C19H27N7O2/c27-19(18-13-26(23-22-18)17-1-2-17)21-16-11-24(12-16)8-15-7-20-25(10-15)9-14-3-5-28-6-4-14/h7,10,13-14,16-17H,1-6,8-9,11-12H2,(H,21,27). The molecule has 5 rings (SSSR count). The molecule has 150 valence electrons. The topological polar surface area (TPSA) is 90.1 Å². The molecule has 2 aromatic heterocycles. The van der Waals surface area contributed by atoms with Crippen molar-refractivity contribution in [3.05, 3.63) is 29.8 Å². The molecule has 0 radical (unpaired) electrons. The number of ether oxygens (including phenoxy) is 1.